The van der Waals surface area contributed by atoms with Crippen LogP contribution in [0.15, 0.2) is 35.7 Å². The van der Waals surface area contributed by atoms with E-state index in [1.165, 1.54) is 46.6 Å². The van der Waals surface area contributed by atoms with Gasteiger partial charge in [-0.2, -0.15) is 0 Å². The third-order valence-corrected chi connectivity index (χ3v) is 6.13. The van der Waals surface area contributed by atoms with Crippen LogP contribution in [0.3, 0.4) is 0 Å². The lowest BCUT2D eigenvalue weighted by atomic mass is 10.1. The molecule has 0 aliphatic carbocycles. The molecule has 0 saturated heterocycles. The highest BCUT2D eigenvalue weighted by molar-refractivity contribution is 7.90. The minimum absolute atomic E-state index is 0.0592. The van der Waals surface area contributed by atoms with Crippen LogP contribution in [-0.4, -0.2) is 54.5 Å². The number of carboxylic acid groups (broad SMARTS) is 1. The zero-order chi connectivity index (χ0) is 23.2. The van der Waals surface area contributed by atoms with E-state index in [1.807, 2.05) is 0 Å². The highest BCUT2D eigenvalue weighted by Crippen LogP contribution is 2.44. The topological polar surface area (TPSA) is 120 Å². The summed E-state index contributed by atoms with van der Waals surface area (Å²) in [6, 6.07) is 6.13. The Balaban J connectivity index is 2.57. The summed E-state index contributed by atoms with van der Waals surface area (Å²) in [6.07, 6.45) is 1.44. The fraction of sp³-hybridized carbons (Fsp3) is 0.286. The number of rotatable bonds is 11. The molecule has 0 saturated carbocycles. The number of carboxylic acids is 1. The Morgan fingerprint density at radius 2 is 1.68 bits per heavy atom. The van der Waals surface area contributed by atoms with Gasteiger partial charge in [0.2, 0.25) is 0 Å². The molecule has 0 unspecified atom stereocenters. The SMILES string of the molecule is C=Cc1c(OC)cc(OC)c(S(=O)(=O)Cc2ccc(OC)c(NCC(=O)O)c2)c1OC. The van der Waals surface area contributed by atoms with Crippen molar-refractivity contribution >= 4 is 27.6 Å². The lowest BCUT2D eigenvalue weighted by Crippen LogP contribution is -2.14. The molecule has 0 amide bonds. The standard InChI is InChI=1S/C21H25NO8S/c1-6-14-17(28-3)10-18(29-4)21(20(14)30-5)31(25,26)12-13-7-8-16(27-2)15(9-13)22-11-19(23)24/h6-10,22H,1,11-12H2,2-5H3,(H,23,24). The summed E-state index contributed by atoms with van der Waals surface area (Å²) in [7, 11) is 1.61. The number of sulfone groups is 1. The Labute approximate surface area is 181 Å². The molecule has 0 aliphatic heterocycles. The zero-order valence-corrected chi connectivity index (χ0v) is 18.5. The predicted octanol–water partition coefficient (Wildman–Crippen LogP) is 2.83. The molecule has 0 aliphatic rings. The predicted molar refractivity (Wildman–Crippen MR) is 116 cm³/mol. The van der Waals surface area contributed by atoms with Crippen molar-refractivity contribution in [3.8, 4) is 23.0 Å². The van der Waals surface area contributed by atoms with Crippen LogP contribution in [-0.2, 0) is 20.4 Å². The summed E-state index contributed by atoms with van der Waals surface area (Å²) in [4.78, 5) is 10.7. The molecule has 10 heteroatoms. The molecule has 0 atom stereocenters. The normalized spacial score (nSPS) is 10.8. The molecule has 0 bridgehead atoms. The maximum absolute atomic E-state index is 13.4. The summed E-state index contributed by atoms with van der Waals surface area (Å²) in [5.41, 5.74) is 1.15. The molecule has 2 N–H and O–H groups in total. The lowest BCUT2D eigenvalue weighted by molar-refractivity contribution is -0.134. The molecule has 0 aromatic heterocycles. The average molecular weight is 451 g/mol. The minimum Gasteiger partial charge on any atom is -0.496 e. The molecule has 2 aromatic carbocycles. The van der Waals surface area contributed by atoms with Gasteiger partial charge in [-0.15, -0.1) is 0 Å². The highest BCUT2D eigenvalue weighted by atomic mass is 32.2. The molecule has 0 radical (unpaired) electrons. The van der Waals surface area contributed by atoms with Gasteiger partial charge in [-0.1, -0.05) is 18.7 Å². The van der Waals surface area contributed by atoms with E-state index < -0.39 is 21.6 Å². The van der Waals surface area contributed by atoms with Crippen LogP contribution in [0.25, 0.3) is 6.08 Å². The van der Waals surface area contributed by atoms with Gasteiger partial charge in [0.15, 0.2) is 20.5 Å². The molecule has 31 heavy (non-hydrogen) atoms. The van der Waals surface area contributed by atoms with Gasteiger partial charge in [0.25, 0.3) is 0 Å². The first-order chi connectivity index (χ1) is 14.7. The van der Waals surface area contributed by atoms with Crippen molar-refractivity contribution in [1.29, 1.82) is 0 Å². The van der Waals surface area contributed by atoms with Crippen molar-refractivity contribution in [2.24, 2.45) is 0 Å². The van der Waals surface area contributed by atoms with Gasteiger partial charge >= 0.3 is 5.97 Å². The van der Waals surface area contributed by atoms with Gasteiger partial charge in [0.1, 0.15) is 23.8 Å². The van der Waals surface area contributed by atoms with Crippen LogP contribution >= 0.6 is 0 Å². The molecular weight excluding hydrogens is 426 g/mol. The summed E-state index contributed by atoms with van der Waals surface area (Å²) < 4.78 is 48.0. The number of hydrogen-bond donors (Lipinski definition) is 2. The number of nitrogens with one attached hydrogen (secondary N) is 1. The molecule has 9 nitrogen and oxygen atoms in total. The van der Waals surface area contributed by atoms with Crippen molar-refractivity contribution in [3.05, 3.63) is 42.0 Å². The molecule has 0 spiro atoms. The minimum atomic E-state index is -3.96. The molecule has 168 valence electrons. The van der Waals surface area contributed by atoms with Crippen LogP contribution in [0.5, 0.6) is 23.0 Å². The third kappa shape index (κ3) is 5.21. The van der Waals surface area contributed by atoms with E-state index in [0.29, 0.717) is 28.3 Å². The van der Waals surface area contributed by atoms with Gasteiger partial charge in [0, 0.05) is 6.07 Å². The second-order valence-corrected chi connectivity index (χ2v) is 8.23. The van der Waals surface area contributed by atoms with Crippen molar-refractivity contribution in [2.75, 3.05) is 40.3 Å². The zero-order valence-electron chi connectivity index (χ0n) is 17.7. The molecule has 0 fully saturated rings. The largest absolute Gasteiger partial charge is 0.496 e. The number of hydrogen-bond acceptors (Lipinski definition) is 8. The Kier molecular flexibility index (Phi) is 7.76. The van der Waals surface area contributed by atoms with E-state index in [2.05, 4.69) is 11.9 Å². The summed E-state index contributed by atoms with van der Waals surface area (Å²) >= 11 is 0. The van der Waals surface area contributed by atoms with Gasteiger partial charge in [0.05, 0.1) is 45.4 Å². The fourth-order valence-corrected chi connectivity index (χ4v) is 4.75. The van der Waals surface area contributed by atoms with Crippen molar-refractivity contribution in [1.82, 2.24) is 0 Å². The number of methoxy groups -OCH3 is 4. The molecular formula is C21H25NO8S. The summed E-state index contributed by atoms with van der Waals surface area (Å²) in [6.45, 7) is 3.36. The highest BCUT2D eigenvalue weighted by Gasteiger charge is 2.29. The second kappa shape index (κ2) is 10.1. The van der Waals surface area contributed by atoms with E-state index >= 15 is 0 Å². The number of carbonyl (C=O) groups is 1. The van der Waals surface area contributed by atoms with Crippen LogP contribution < -0.4 is 24.3 Å². The molecule has 2 rings (SSSR count). The number of anilines is 1. The van der Waals surface area contributed by atoms with Crippen LogP contribution in [0, 0.1) is 0 Å². The Hall–Kier alpha value is -3.40. The molecule has 0 heterocycles. The van der Waals surface area contributed by atoms with Gasteiger partial charge in [-0.3, -0.25) is 4.79 Å². The smallest absolute Gasteiger partial charge is 0.322 e. The maximum atomic E-state index is 13.4. The third-order valence-electron chi connectivity index (χ3n) is 4.41. The monoisotopic (exact) mass is 451 g/mol. The first kappa shape index (κ1) is 23.9. The van der Waals surface area contributed by atoms with Crippen molar-refractivity contribution in [2.45, 2.75) is 10.6 Å². The number of aliphatic carboxylic acids is 1. The van der Waals surface area contributed by atoms with E-state index in [0.717, 1.165) is 0 Å². The Morgan fingerprint density at radius 3 is 2.19 bits per heavy atom. The lowest BCUT2D eigenvalue weighted by Gasteiger charge is -2.19. The second-order valence-electron chi connectivity index (χ2n) is 6.30. The van der Waals surface area contributed by atoms with Crippen LogP contribution in [0.1, 0.15) is 11.1 Å². The van der Waals surface area contributed by atoms with E-state index in [4.69, 9.17) is 24.1 Å². The van der Waals surface area contributed by atoms with E-state index in [9.17, 15) is 13.2 Å². The number of ether oxygens (including phenoxy) is 4. The maximum Gasteiger partial charge on any atom is 0.322 e. The van der Waals surface area contributed by atoms with Crippen LogP contribution in [0.2, 0.25) is 0 Å². The fourth-order valence-electron chi connectivity index (χ4n) is 3.06. The van der Waals surface area contributed by atoms with Gasteiger partial charge in [-0.05, 0) is 17.7 Å². The summed E-state index contributed by atoms with van der Waals surface area (Å²) in [5.74, 6) is -0.595. The first-order valence-corrected chi connectivity index (χ1v) is 10.7. The average Bonchev–Trinajstić information content (AvgIpc) is 2.75. The van der Waals surface area contributed by atoms with Crippen LogP contribution in [0.4, 0.5) is 5.69 Å². The molecule has 2 aromatic rings. The van der Waals surface area contributed by atoms with E-state index in [1.54, 1.807) is 12.1 Å². The first-order valence-electron chi connectivity index (χ1n) is 9.03. The van der Waals surface area contributed by atoms with Crippen molar-refractivity contribution in [3.63, 3.8) is 0 Å². The Bertz CT molecular complexity index is 1080. The van der Waals surface area contributed by atoms with Gasteiger partial charge < -0.3 is 29.4 Å². The van der Waals surface area contributed by atoms with E-state index in [-0.39, 0.29) is 22.9 Å². The Morgan fingerprint density at radius 1 is 1.03 bits per heavy atom. The number of benzene rings is 2. The quantitative estimate of drug-likeness (QED) is 0.531. The summed E-state index contributed by atoms with van der Waals surface area (Å²) in [5, 5.41) is 11.6. The van der Waals surface area contributed by atoms with Gasteiger partial charge in [-0.25, -0.2) is 8.42 Å². The van der Waals surface area contributed by atoms with Crippen molar-refractivity contribution < 1.29 is 37.3 Å².